The first-order chi connectivity index (χ1) is 8.61. The first-order valence-electron chi connectivity index (χ1n) is 5.01. The quantitative estimate of drug-likeness (QED) is 0.649. The fourth-order valence-corrected chi connectivity index (χ4v) is 1.45. The van der Waals surface area contributed by atoms with Crippen LogP contribution >= 0.6 is 0 Å². The molecule has 0 unspecified atom stereocenters. The van der Waals surface area contributed by atoms with Crippen molar-refractivity contribution in [1.82, 2.24) is 9.97 Å². The topological polar surface area (TPSA) is 134 Å². The number of aromatic carboxylic acids is 1. The van der Waals surface area contributed by atoms with Gasteiger partial charge in [0.1, 0.15) is 6.33 Å². The van der Waals surface area contributed by atoms with Gasteiger partial charge in [-0.15, -0.1) is 0 Å². The summed E-state index contributed by atoms with van der Waals surface area (Å²) in [4.78, 5) is 18.3. The third-order valence-electron chi connectivity index (χ3n) is 2.33. The molecule has 0 fully saturated rings. The van der Waals surface area contributed by atoms with Crippen LogP contribution in [0.4, 0.5) is 4.39 Å². The molecule has 0 saturated heterocycles. The molecule has 7 nitrogen and oxygen atoms in total. The third kappa shape index (κ3) is 4.80. The summed E-state index contributed by atoms with van der Waals surface area (Å²) in [6.07, 6.45) is 1.15. The molecule has 0 saturated carbocycles. The van der Waals surface area contributed by atoms with Crippen molar-refractivity contribution < 1.29 is 48.8 Å². The molecule has 1 aromatic heterocycles. The van der Waals surface area contributed by atoms with Crippen LogP contribution in [0.15, 0.2) is 30.6 Å². The molecule has 0 bridgehead atoms. The van der Waals surface area contributed by atoms with Crippen molar-refractivity contribution in [3.8, 4) is 17.0 Å². The Bertz CT molecular complexity index is 612. The van der Waals surface area contributed by atoms with Gasteiger partial charge in [-0.05, 0) is 24.3 Å². The average molecular weight is 290 g/mol. The second kappa shape index (κ2) is 9.05. The number of benzene rings is 1. The molecule has 2 rings (SSSR count). The van der Waals surface area contributed by atoms with Gasteiger partial charge >= 0.3 is 24.8 Å². The van der Waals surface area contributed by atoms with Crippen LogP contribution in [0.25, 0.3) is 11.3 Å². The summed E-state index contributed by atoms with van der Waals surface area (Å²) < 4.78 is 18.1. The largest absolute Gasteiger partial charge is 1.00 e. The Balaban J connectivity index is 0. The monoisotopic (exact) mass is 290 g/mol. The first kappa shape index (κ1) is 21.3. The van der Waals surface area contributed by atoms with Crippen LogP contribution in [0.3, 0.4) is 0 Å². The zero-order chi connectivity index (χ0) is 13.1. The van der Waals surface area contributed by atoms with Gasteiger partial charge in [-0.1, -0.05) is 0 Å². The summed E-state index contributed by atoms with van der Waals surface area (Å²) >= 11 is 0. The zero-order valence-electron chi connectivity index (χ0n) is 11.4. The predicted octanol–water partition coefficient (Wildman–Crippen LogP) is -2.01. The minimum absolute atomic E-state index is 0. The summed E-state index contributed by atoms with van der Waals surface area (Å²) in [5.41, 5.74) is 0.821. The summed E-state index contributed by atoms with van der Waals surface area (Å²) in [6, 6.07) is 5.49. The van der Waals surface area contributed by atoms with E-state index >= 15 is 0 Å². The molecular formula is C12H12FLiN2O5. The van der Waals surface area contributed by atoms with Crippen LogP contribution in [0.2, 0.25) is 0 Å². The van der Waals surface area contributed by atoms with Crippen LogP contribution in [0.5, 0.6) is 5.75 Å². The molecule has 0 atom stereocenters. The van der Waals surface area contributed by atoms with E-state index in [1.165, 1.54) is 31.4 Å². The number of rotatable bonds is 3. The molecular weight excluding hydrogens is 278 g/mol. The number of halogens is 1. The Morgan fingerprint density at radius 3 is 2.52 bits per heavy atom. The van der Waals surface area contributed by atoms with Crippen LogP contribution < -0.4 is 23.6 Å². The number of carboxylic acids is 1. The zero-order valence-corrected chi connectivity index (χ0v) is 11.4. The Hall–Kier alpha value is -1.98. The van der Waals surface area contributed by atoms with Gasteiger partial charge in [-0.25, -0.2) is 19.2 Å². The fourth-order valence-electron chi connectivity index (χ4n) is 1.45. The molecule has 0 aliphatic carbocycles. The molecule has 0 aliphatic heterocycles. The Labute approximate surface area is 131 Å². The number of nitrogens with zero attached hydrogens (tertiary/aromatic N) is 2. The minimum Gasteiger partial charge on any atom is -0.870 e. The average Bonchev–Trinajstić information content (AvgIpc) is 2.39. The molecule has 0 spiro atoms. The second-order valence-electron chi connectivity index (χ2n) is 3.44. The van der Waals surface area contributed by atoms with Gasteiger partial charge in [-0.3, -0.25) is 0 Å². The maximum Gasteiger partial charge on any atom is 1.00 e. The molecule has 21 heavy (non-hydrogen) atoms. The Kier molecular flexibility index (Phi) is 9.18. The number of carboxylic acid groups (broad SMARTS) is 1. The number of ether oxygens (including phenoxy) is 1. The summed E-state index contributed by atoms with van der Waals surface area (Å²) in [6.45, 7) is 0. The number of hydrogen-bond acceptors (Lipinski definition) is 5. The maximum absolute atomic E-state index is 13.2. The Morgan fingerprint density at radius 2 is 1.95 bits per heavy atom. The smallest absolute Gasteiger partial charge is 0.870 e. The van der Waals surface area contributed by atoms with E-state index in [1.54, 1.807) is 0 Å². The van der Waals surface area contributed by atoms with E-state index in [-0.39, 0.29) is 41.3 Å². The van der Waals surface area contributed by atoms with E-state index in [2.05, 4.69) is 9.97 Å². The molecule has 108 valence electrons. The third-order valence-corrected chi connectivity index (χ3v) is 2.33. The SMILES string of the molecule is COc1cc(-c2cc(C(=O)O)ncn2)ccc1F.O.[Li+].[OH-]. The van der Waals surface area contributed by atoms with Gasteiger partial charge in [0.2, 0.25) is 0 Å². The molecule has 4 N–H and O–H groups in total. The van der Waals surface area contributed by atoms with E-state index in [1.807, 2.05) is 0 Å². The minimum atomic E-state index is -1.15. The molecule has 0 radical (unpaired) electrons. The van der Waals surface area contributed by atoms with Gasteiger partial charge in [0.25, 0.3) is 0 Å². The van der Waals surface area contributed by atoms with Gasteiger partial charge in [-0.2, -0.15) is 0 Å². The fraction of sp³-hybridized carbons (Fsp3) is 0.0833. The van der Waals surface area contributed by atoms with Crippen LogP contribution in [0.1, 0.15) is 10.5 Å². The summed E-state index contributed by atoms with van der Waals surface area (Å²) in [5, 5.41) is 8.83. The Morgan fingerprint density at radius 1 is 1.29 bits per heavy atom. The van der Waals surface area contributed by atoms with Crippen LogP contribution in [-0.2, 0) is 0 Å². The normalized spacial score (nSPS) is 8.67. The van der Waals surface area contributed by atoms with Crippen molar-refractivity contribution in [3.05, 3.63) is 42.1 Å². The molecule has 1 aromatic carbocycles. The van der Waals surface area contributed by atoms with Crippen LogP contribution in [0, 0.1) is 5.82 Å². The van der Waals surface area contributed by atoms with Crippen molar-refractivity contribution in [2.24, 2.45) is 0 Å². The van der Waals surface area contributed by atoms with E-state index in [0.29, 0.717) is 11.3 Å². The predicted molar refractivity (Wildman–Crippen MR) is 66.5 cm³/mol. The summed E-state index contributed by atoms with van der Waals surface area (Å²) in [5.74, 6) is -1.57. The standard InChI is InChI=1S/C12H9FN2O3.Li.2H2O/c1-18-11-4-7(2-3-8(11)13)9-5-10(12(16)17)15-6-14-9;;;/h2-6H,1H3,(H,16,17);;2*1H2/q;+1;;/p-1. The van der Waals surface area contributed by atoms with Crippen molar-refractivity contribution in [2.75, 3.05) is 7.11 Å². The van der Waals surface area contributed by atoms with Crippen molar-refractivity contribution in [3.63, 3.8) is 0 Å². The van der Waals surface area contributed by atoms with Gasteiger partial charge in [0.15, 0.2) is 17.3 Å². The second-order valence-corrected chi connectivity index (χ2v) is 3.44. The molecule has 2 aromatic rings. The van der Waals surface area contributed by atoms with E-state index < -0.39 is 11.8 Å². The van der Waals surface area contributed by atoms with E-state index in [4.69, 9.17) is 9.84 Å². The van der Waals surface area contributed by atoms with Crippen molar-refractivity contribution in [2.45, 2.75) is 0 Å². The maximum atomic E-state index is 13.2. The van der Waals surface area contributed by atoms with Gasteiger partial charge in [0, 0.05) is 5.56 Å². The number of aromatic nitrogens is 2. The van der Waals surface area contributed by atoms with Gasteiger partial charge < -0.3 is 20.8 Å². The number of carbonyl (C=O) groups is 1. The summed E-state index contributed by atoms with van der Waals surface area (Å²) in [7, 11) is 1.35. The van der Waals surface area contributed by atoms with E-state index in [9.17, 15) is 9.18 Å². The van der Waals surface area contributed by atoms with Crippen molar-refractivity contribution >= 4 is 5.97 Å². The number of methoxy groups -OCH3 is 1. The van der Waals surface area contributed by atoms with Crippen LogP contribution in [-0.4, -0.2) is 39.1 Å². The molecule has 9 heteroatoms. The first-order valence-corrected chi connectivity index (χ1v) is 5.01. The number of hydrogen-bond donors (Lipinski definition) is 1. The molecule has 1 heterocycles. The molecule has 0 amide bonds. The molecule has 0 aliphatic rings. The van der Waals surface area contributed by atoms with Crippen molar-refractivity contribution in [1.29, 1.82) is 0 Å². The van der Waals surface area contributed by atoms with E-state index in [0.717, 1.165) is 6.33 Å². The van der Waals surface area contributed by atoms with Gasteiger partial charge in [0.05, 0.1) is 12.8 Å².